The summed E-state index contributed by atoms with van der Waals surface area (Å²) in [6.45, 7) is 1.36. The number of rotatable bonds is 8. The standard InChI is InChI=1S/C9H21N3O3S/c1-12(7-8-16(2,14)15)6-4-3-5-9(10)11-13/h13H,3-8H2,1-2H3,(H2,10,11). The fourth-order valence-corrected chi connectivity index (χ4v) is 1.81. The lowest BCUT2D eigenvalue weighted by atomic mass is 10.2. The molecule has 0 saturated carbocycles. The first-order valence-electron chi connectivity index (χ1n) is 5.18. The van der Waals surface area contributed by atoms with E-state index >= 15 is 0 Å². The van der Waals surface area contributed by atoms with E-state index in [0.717, 1.165) is 19.4 Å². The second-order valence-electron chi connectivity index (χ2n) is 3.98. The third-order valence-electron chi connectivity index (χ3n) is 2.19. The number of unbranched alkanes of at least 4 members (excludes halogenated alkanes) is 1. The van der Waals surface area contributed by atoms with Crippen LogP contribution in [0.4, 0.5) is 0 Å². The molecule has 0 aromatic carbocycles. The summed E-state index contributed by atoms with van der Waals surface area (Å²) in [4.78, 5) is 1.97. The number of sulfone groups is 1. The number of oxime groups is 1. The van der Waals surface area contributed by atoms with Gasteiger partial charge < -0.3 is 15.8 Å². The van der Waals surface area contributed by atoms with Crippen LogP contribution >= 0.6 is 0 Å². The Kier molecular flexibility index (Phi) is 7.07. The number of amidine groups is 1. The van der Waals surface area contributed by atoms with E-state index < -0.39 is 9.84 Å². The Morgan fingerprint density at radius 1 is 1.38 bits per heavy atom. The monoisotopic (exact) mass is 251 g/mol. The van der Waals surface area contributed by atoms with Gasteiger partial charge in [0.05, 0.1) is 5.75 Å². The van der Waals surface area contributed by atoms with Crippen LogP contribution in [-0.2, 0) is 9.84 Å². The van der Waals surface area contributed by atoms with Crippen LogP contribution in [0.1, 0.15) is 19.3 Å². The van der Waals surface area contributed by atoms with Gasteiger partial charge in [0.1, 0.15) is 15.7 Å². The predicted octanol–water partition coefficient (Wildman–Crippen LogP) is -0.120. The zero-order valence-corrected chi connectivity index (χ0v) is 10.7. The zero-order valence-electron chi connectivity index (χ0n) is 9.89. The van der Waals surface area contributed by atoms with Crippen molar-refractivity contribution < 1.29 is 13.6 Å². The molecule has 0 aliphatic rings. The summed E-state index contributed by atoms with van der Waals surface area (Å²) >= 11 is 0. The van der Waals surface area contributed by atoms with Crippen molar-refractivity contribution in [1.29, 1.82) is 0 Å². The molecule has 7 heteroatoms. The normalized spacial score (nSPS) is 13.3. The van der Waals surface area contributed by atoms with Gasteiger partial charge in [-0.2, -0.15) is 0 Å². The van der Waals surface area contributed by atoms with Gasteiger partial charge in [0.15, 0.2) is 0 Å². The average Bonchev–Trinajstić information content (AvgIpc) is 2.20. The van der Waals surface area contributed by atoms with Gasteiger partial charge in [0.25, 0.3) is 0 Å². The molecule has 0 spiro atoms. The molecule has 6 nitrogen and oxygen atoms in total. The Hall–Kier alpha value is -0.820. The van der Waals surface area contributed by atoms with E-state index in [4.69, 9.17) is 10.9 Å². The first-order valence-corrected chi connectivity index (χ1v) is 7.24. The molecule has 0 fully saturated rings. The molecule has 0 radical (unpaired) electrons. The minimum atomic E-state index is -2.88. The van der Waals surface area contributed by atoms with Crippen LogP contribution in [0.25, 0.3) is 0 Å². The fourth-order valence-electron chi connectivity index (χ4n) is 1.17. The molecular formula is C9H21N3O3S. The highest BCUT2D eigenvalue weighted by Gasteiger charge is 2.05. The summed E-state index contributed by atoms with van der Waals surface area (Å²) in [5.41, 5.74) is 5.31. The van der Waals surface area contributed by atoms with Crippen LogP contribution in [-0.4, -0.2) is 56.5 Å². The van der Waals surface area contributed by atoms with Gasteiger partial charge >= 0.3 is 0 Å². The van der Waals surface area contributed by atoms with Crippen molar-refractivity contribution in [3.8, 4) is 0 Å². The predicted molar refractivity (Wildman–Crippen MR) is 64.5 cm³/mol. The van der Waals surface area contributed by atoms with Crippen molar-refractivity contribution in [2.75, 3.05) is 32.1 Å². The first kappa shape index (κ1) is 15.2. The summed E-state index contributed by atoms with van der Waals surface area (Å²) in [6.07, 6.45) is 3.53. The van der Waals surface area contributed by atoms with E-state index in [1.54, 1.807) is 0 Å². The summed E-state index contributed by atoms with van der Waals surface area (Å²) in [5.74, 6) is 0.419. The van der Waals surface area contributed by atoms with E-state index in [9.17, 15) is 8.42 Å². The summed E-state index contributed by atoms with van der Waals surface area (Å²) in [5, 5.41) is 11.2. The third kappa shape index (κ3) is 9.72. The SMILES string of the molecule is CN(CCCCC(N)=NO)CCS(C)(=O)=O. The van der Waals surface area contributed by atoms with E-state index in [0.29, 0.717) is 13.0 Å². The molecule has 0 rings (SSSR count). The van der Waals surface area contributed by atoms with Gasteiger partial charge in [-0.25, -0.2) is 8.42 Å². The lowest BCUT2D eigenvalue weighted by molar-refractivity contribution is 0.315. The number of hydrogen-bond acceptors (Lipinski definition) is 5. The van der Waals surface area contributed by atoms with E-state index in [1.165, 1.54) is 6.26 Å². The van der Waals surface area contributed by atoms with Gasteiger partial charge in [0, 0.05) is 19.2 Å². The lowest BCUT2D eigenvalue weighted by Crippen LogP contribution is -2.26. The molecule has 0 unspecified atom stereocenters. The quantitative estimate of drug-likeness (QED) is 0.206. The van der Waals surface area contributed by atoms with Crippen LogP contribution in [0.3, 0.4) is 0 Å². The molecule has 0 aliphatic carbocycles. The van der Waals surface area contributed by atoms with Gasteiger partial charge in [-0.05, 0) is 26.4 Å². The van der Waals surface area contributed by atoms with Crippen molar-refractivity contribution >= 4 is 15.7 Å². The Bertz CT molecular complexity index is 314. The highest BCUT2D eigenvalue weighted by Crippen LogP contribution is 1.98. The maximum atomic E-state index is 10.9. The van der Waals surface area contributed by atoms with Gasteiger partial charge in [-0.3, -0.25) is 0 Å². The zero-order chi connectivity index (χ0) is 12.6. The van der Waals surface area contributed by atoms with Crippen molar-refractivity contribution in [2.45, 2.75) is 19.3 Å². The second kappa shape index (κ2) is 7.45. The van der Waals surface area contributed by atoms with Crippen molar-refractivity contribution in [3.05, 3.63) is 0 Å². The summed E-state index contributed by atoms with van der Waals surface area (Å²) in [6, 6.07) is 0. The number of nitrogens with zero attached hydrogens (tertiary/aromatic N) is 2. The van der Waals surface area contributed by atoms with Crippen molar-refractivity contribution in [1.82, 2.24) is 4.90 Å². The van der Waals surface area contributed by atoms with Crippen LogP contribution in [0.5, 0.6) is 0 Å². The minimum absolute atomic E-state index is 0.184. The van der Waals surface area contributed by atoms with Gasteiger partial charge in [-0.15, -0.1) is 0 Å². The highest BCUT2D eigenvalue weighted by atomic mass is 32.2. The number of hydrogen-bond donors (Lipinski definition) is 2. The van der Waals surface area contributed by atoms with Crippen molar-refractivity contribution in [2.24, 2.45) is 10.9 Å². The first-order chi connectivity index (χ1) is 7.35. The molecule has 0 saturated heterocycles. The highest BCUT2D eigenvalue weighted by molar-refractivity contribution is 7.90. The topological polar surface area (TPSA) is 96.0 Å². The molecule has 0 aromatic rings. The van der Waals surface area contributed by atoms with E-state index in [1.807, 2.05) is 11.9 Å². The molecule has 0 heterocycles. The smallest absolute Gasteiger partial charge is 0.148 e. The average molecular weight is 251 g/mol. The lowest BCUT2D eigenvalue weighted by Gasteiger charge is -2.15. The molecule has 0 bridgehead atoms. The Morgan fingerprint density at radius 3 is 2.50 bits per heavy atom. The van der Waals surface area contributed by atoms with E-state index in [-0.39, 0.29) is 11.6 Å². The van der Waals surface area contributed by atoms with Crippen LogP contribution < -0.4 is 5.73 Å². The molecule has 0 aliphatic heterocycles. The molecule has 0 atom stereocenters. The van der Waals surface area contributed by atoms with E-state index in [2.05, 4.69) is 5.16 Å². The Balaban J connectivity index is 3.55. The largest absolute Gasteiger partial charge is 0.409 e. The maximum absolute atomic E-state index is 10.9. The maximum Gasteiger partial charge on any atom is 0.148 e. The molecule has 0 aromatic heterocycles. The molecule has 96 valence electrons. The van der Waals surface area contributed by atoms with Gasteiger partial charge in [-0.1, -0.05) is 5.16 Å². The van der Waals surface area contributed by atoms with Gasteiger partial charge in [0.2, 0.25) is 0 Å². The fraction of sp³-hybridized carbons (Fsp3) is 0.889. The van der Waals surface area contributed by atoms with Crippen LogP contribution in [0.2, 0.25) is 0 Å². The molecule has 16 heavy (non-hydrogen) atoms. The summed E-state index contributed by atoms with van der Waals surface area (Å²) in [7, 11) is -0.997. The minimum Gasteiger partial charge on any atom is -0.409 e. The summed E-state index contributed by atoms with van der Waals surface area (Å²) < 4.78 is 21.8. The molecule has 3 N–H and O–H groups in total. The molecule has 0 amide bonds. The number of nitrogens with two attached hydrogens (primary N) is 1. The van der Waals surface area contributed by atoms with Crippen LogP contribution in [0.15, 0.2) is 5.16 Å². The van der Waals surface area contributed by atoms with Crippen LogP contribution in [0, 0.1) is 0 Å². The Labute approximate surface area is 97.0 Å². The Morgan fingerprint density at radius 2 is 2.00 bits per heavy atom. The second-order valence-corrected chi connectivity index (χ2v) is 6.24. The molecular weight excluding hydrogens is 230 g/mol. The van der Waals surface area contributed by atoms with Crippen molar-refractivity contribution in [3.63, 3.8) is 0 Å². The third-order valence-corrected chi connectivity index (χ3v) is 3.12.